The van der Waals surface area contributed by atoms with Crippen molar-refractivity contribution in [2.75, 3.05) is 56.8 Å². The van der Waals surface area contributed by atoms with Crippen molar-refractivity contribution in [3.05, 3.63) is 0 Å². The molecule has 1 saturated heterocycles. The van der Waals surface area contributed by atoms with Gasteiger partial charge in [0.1, 0.15) is 0 Å². The van der Waals surface area contributed by atoms with Gasteiger partial charge in [-0.1, -0.05) is 0 Å². The molecule has 0 radical (unpaired) electrons. The number of likely N-dealkylation sites (N-methyl/N-ethyl adjacent to an activating group) is 1. The average molecular weight is 265 g/mol. The Bertz CT molecular complexity index is 432. The Morgan fingerprint density at radius 3 is 2.53 bits per heavy atom. The second-order valence-electron chi connectivity index (χ2n) is 5.39. The van der Waals surface area contributed by atoms with Crippen molar-refractivity contribution in [3.63, 3.8) is 0 Å². The van der Waals surface area contributed by atoms with Crippen molar-refractivity contribution < 1.29 is 0 Å². The van der Waals surface area contributed by atoms with E-state index in [9.17, 15) is 0 Å². The third-order valence-corrected chi connectivity index (χ3v) is 3.44. The van der Waals surface area contributed by atoms with Gasteiger partial charge in [0.05, 0.1) is 0 Å². The molecule has 0 aromatic carbocycles. The Kier molecular flexibility index (Phi) is 4.04. The van der Waals surface area contributed by atoms with Gasteiger partial charge in [-0.25, -0.2) is 0 Å². The molecule has 2 heterocycles. The third kappa shape index (κ3) is 3.23. The number of anilines is 3. The number of hydrogen-bond acceptors (Lipinski definition) is 7. The SMILES string of the molecule is CN(C)c1nc(N)nc(N2CCCC(N(C)C)C2)n1. The van der Waals surface area contributed by atoms with Crippen LogP contribution < -0.4 is 15.5 Å². The van der Waals surface area contributed by atoms with Crippen LogP contribution in [0.15, 0.2) is 0 Å². The molecule has 19 heavy (non-hydrogen) atoms. The van der Waals surface area contributed by atoms with Crippen LogP contribution in [0.25, 0.3) is 0 Å². The van der Waals surface area contributed by atoms with E-state index in [0.717, 1.165) is 19.5 Å². The number of rotatable bonds is 3. The zero-order valence-electron chi connectivity index (χ0n) is 12.2. The molecule has 7 nitrogen and oxygen atoms in total. The molecule has 106 valence electrons. The van der Waals surface area contributed by atoms with Crippen LogP contribution >= 0.6 is 0 Å². The fraction of sp³-hybridized carbons (Fsp3) is 0.750. The molecule has 1 aromatic heterocycles. The van der Waals surface area contributed by atoms with Crippen LogP contribution in [0.5, 0.6) is 0 Å². The molecule has 1 atom stereocenters. The molecule has 0 spiro atoms. The fourth-order valence-corrected chi connectivity index (χ4v) is 2.27. The molecular formula is C12H23N7. The molecule has 0 aliphatic carbocycles. The van der Waals surface area contributed by atoms with Crippen molar-refractivity contribution in [2.45, 2.75) is 18.9 Å². The Balaban J connectivity index is 2.21. The average Bonchev–Trinajstić information content (AvgIpc) is 2.38. The summed E-state index contributed by atoms with van der Waals surface area (Å²) in [6, 6.07) is 0.537. The highest BCUT2D eigenvalue weighted by Crippen LogP contribution is 2.20. The molecule has 1 fully saturated rings. The normalized spacial score (nSPS) is 19.8. The lowest BCUT2D eigenvalue weighted by Crippen LogP contribution is -2.45. The topological polar surface area (TPSA) is 74.4 Å². The highest BCUT2D eigenvalue weighted by atomic mass is 15.4. The highest BCUT2D eigenvalue weighted by Gasteiger charge is 2.24. The summed E-state index contributed by atoms with van der Waals surface area (Å²) in [5.41, 5.74) is 5.77. The van der Waals surface area contributed by atoms with Crippen molar-refractivity contribution >= 4 is 17.8 Å². The molecule has 1 aliphatic heterocycles. The summed E-state index contributed by atoms with van der Waals surface area (Å²) in [7, 11) is 8.02. The van der Waals surface area contributed by atoms with Crippen LogP contribution in [0, 0.1) is 0 Å². The van der Waals surface area contributed by atoms with Crippen molar-refractivity contribution in [1.82, 2.24) is 19.9 Å². The summed E-state index contributed by atoms with van der Waals surface area (Å²) in [6.45, 7) is 1.91. The van der Waals surface area contributed by atoms with E-state index in [0.29, 0.717) is 17.9 Å². The van der Waals surface area contributed by atoms with Crippen LogP contribution in [-0.2, 0) is 0 Å². The molecular weight excluding hydrogens is 242 g/mol. The molecule has 7 heteroatoms. The molecule has 2 N–H and O–H groups in total. The third-order valence-electron chi connectivity index (χ3n) is 3.44. The Hall–Kier alpha value is -1.63. The Labute approximate surface area is 114 Å². The predicted molar refractivity (Wildman–Crippen MR) is 77.5 cm³/mol. The Morgan fingerprint density at radius 1 is 1.16 bits per heavy atom. The first kappa shape index (κ1) is 13.8. The summed E-state index contributed by atoms with van der Waals surface area (Å²) in [5.74, 6) is 1.57. The van der Waals surface area contributed by atoms with E-state index in [1.807, 2.05) is 19.0 Å². The van der Waals surface area contributed by atoms with E-state index in [1.54, 1.807) is 0 Å². The molecule has 0 saturated carbocycles. The maximum absolute atomic E-state index is 5.77. The smallest absolute Gasteiger partial charge is 0.232 e. The van der Waals surface area contributed by atoms with Crippen molar-refractivity contribution in [2.24, 2.45) is 0 Å². The Morgan fingerprint density at radius 2 is 1.89 bits per heavy atom. The van der Waals surface area contributed by atoms with E-state index in [2.05, 4.69) is 38.8 Å². The minimum Gasteiger partial charge on any atom is -0.368 e. The standard InChI is InChI=1S/C12H23N7/c1-17(2)9-6-5-7-19(8-9)12-15-10(13)14-11(16-12)18(3)4/h9H,5-8H2,1-4H3,(H2,13,14,15,16). The number of nitrogen functional groups attached to an aromatic ring is 1. The van der Waals surface area contributed by atoms with E-state index >= 15 is 0 Å². The van der Waals surface area contributed by atoms with Gasteiger partial charge in [0, 0.05) is 33.2 Å². The molecule has 2 rings (SSSR count). The molecule has 0 bridgehead atoms. The number of piperidine rings is 1. The monoisotopic (exact) mass is 265 g/mol. The predicted octanol–water partition coefficient (Wildman–Crippen LogP) is 0.0502. The lowest BCUT2D eigenvalue weighted by molar-refractivity contribution is 0.257. The van der Waals surface area contributed by atoms with Gasteiger partial charge in [-0.15, -0.1) is 0 Å². The lowest BCUT2D eigenvalue weighted by atomic mass is 10.1. The summed E-state index contributed by atoms with van der Waals surface area (Å²) >= 11 is 0. The van der Waals surface area contributed by atoms with Crippen LogP contribution in [0.4, 0.5) is 17.8 Å². The molecule has 1 aliphatic rings. The van der Waals surface area contributed by atoms with Gasteiger partial charge in [-0.3, -0.25) is 0 Å². The van der Waals surface area contributed by atoms with Gasteiger partial charge in [-0.2, -0.15) is 15.0 Å². The first-order valence-corrected chi connectivity index (χ1v) is 6.57. The lowest BCUT2D eigenvalue weighted by Gasteiger charge is -2.36. The maximum Gasteiger partial charge on any atom is 0.232 e. The van der Waals surface area contributed by atoms with Gasteiger partial charge < -0.3 is 20.4 Å². The zero-order chi connectivity index (χ0) is 14.0. The first-order chi connectivity index (χ1) is 8.97. The maximum atomic E-state index is 5.77. The van der Waals surface area contributed by atoms with E-state index in [1.165, 1.54) is 6.42 Å². The van der Waals surface area contributed by atoms with Gasteiger partial charge in [-0.05, 0) is 26.9 Å². The fourth-order valence-electron chi connectivity index (χ4n) is 2.27. The quantitative estimate of drug-likeness (QED) is 0.827. The minimum absolute atomic E-state index is 0.278. The van der Waals surface area contributed by atoms with Gasteiger partial charge in [0.25, 0.3) is 0 Å². The number of nitrogens with two attached hydrogens (primary N) is 1. The second-order valence-corrected chi connectivity index (χ2v) is 5.39. The van der Waals surface area contributed by atoms with Crippen LogP contribution in [0.3, 0.4) is 0 Å². The number of hydrogen-bond donors (Lipinski definition) is 1. The minimum atomic E-state index is 0.278. The number of nitrogens with zero attached hydrogens (tertiary/aromatic N) is 6. The van der Waals surface area contributed by atoms with Crippen molar-refractivity contribution in [3.8, 4) is 0 Å². The molecule has 1 aromatic rings. The van der Waals surface area contributed by atoms with E-state index < -0.39 is 0 Å². The largest absolute Gasteiger partial charge is 0.368 e. The van der Waals surface area contributed by atoms with Crippen LogP contribution in [0.2, 0.25) is 0 Å². The molecule has 1 unspecified atom stereocenters. The number of aromatic nitrogens is 3. The van der Waals surface area contributed by atoms with Gasteiger partial charge in [0.15, 0.2) is 0 Å². The highest BCUT2D eigenvalue weighted by molar-refractivity contribution is 5.43. The van der Waals surface area contributed by atoms with Gasteiger partial charge in [0.2, 0.25) is 17.8 Å². The van der Waals surface area contributed by atoms with Crippen LogP contribution in [-0.4, -0.2) is 67.2 Å². The zero-order valence-corrected chi connectivity index (χ0v) is 12.2. The summed E-state index contributed by atoms with van der Waals surface area (Å²) in [5, 5.41) is 0. The second kappa shape index (κ2) is 5.56. The van der Waals surface area contributed by atoms with E-state index in [4.69, 9.17) is 5.73 Å². The van der Waals surface area contributed by atoms with Gasteiger partial charge >= 0.3 is 0 Å². The summed E-state index contributed by atoms with van der Waals surface area (Å²) in [4.78, 5) is 19.2. The van der Waals surface area contributed by atoms with E-state index in [-0.39, 0.29) is 5.95 Å². The van der Waals surface area contributed by atoms with Crippen molar-refractivity contribution in [1.29, 1.82) is 0 Å². The summed E-state index contributed by atoms with van der Waals surface area (Å²) in [6.07, 6.45) is 2.36. The first-order valence-electron chi connectivity index (χ1n) is 6.57. The summed E-state index contributed by atoms with van der Waals surface area (Å²) < 4.78 is 0. The van der Waals surface area contributed by atoms with Crippen LogP contribution in [0.1, 0.15) is 12.8 Å². The molecule has 0 amide bonds.